The summed E-state index contributed by atoms with van der Waals surface area (Å²) >= 11 is 9.22. The Morgan fingerprint density at radius 1 is 1.24 bits per heavy atom. The van der Waals surface area contributed by atoms with E-state index in [1.807, 2.05) is 39.0 Å². The molecule has 1 aromatic carbocycles. The number of halogens is 1. The van der Waals surface area contributed by atoms with Gasteiger partial charge in [-0.2, -0.15) is 0 Å². The number of nitrogens with zero attached hydrogens (tertiary/aromatic N) is 1. The van der Waals surface area contributed by atoms with E-state index in [1.54, 1.807) is 0 Å². The molecule has 0 atom stereocenters. The molecule has 3 rings (SSSR count). The second kappa shape index (κ2) is 5.40. The van der Waals surface area contributed by atoms with Gasteiger partial charge in [0.15, 0.2) is 5.13 Å². The predicted molar refractivity (Wildman–Crippen MR) is 91.1 cm³/mol. The fraction of sp³-hybridized carbons (Fsp3) is 0.200. The van der Waals surface area contributed by atoms with Crippen LogP contribution in [0.2, 0.25) is 5.02 Å². The Morgan fingerprint density at radius 3 is 2.67 bits per heavy atom. The molecule has 2 aromatic heterocycles. The van der Waals surface area contributed by atoms with Gasteiger partial charge in [0.1, 0.15) is 4.88 Å². The lowest BCUT2D eigenvalue weighted by Crippen LogP contribution is -2.10. The van der Waals surface area contributed by atoms with E-state index in [1.165, 1.54) is 22.7 Å². The first-order chi connectivity index (χ1) is 9.95. The summed E-state index contributed by atoms with van der Waals surface area (Å²) < 4.78 is 1.02. The van der Waals surface area contributed by atoms with Gasteiger partial charge in [-0.15, -0.1) is 22.7 Å². The number of hydrogen-bond acceptors (Lipinski definition) is 4. The van der Waals surface area contributed by atoms with Gasteiger partial charge in [-0.3, -0.25) is 10.1 Å². The second-order valence-corrected chi connectivity index (χ2v) is 7.49. The monoisotopic (exact) mass is 336 g/mol. The first-order valence-corrected chi connectivity index (χ1v) is 8.41. The zero-order valence-electron chi connectivity index (χ0n) is 11.8. The Morgan fingerprint density at radius 2 is 2.00 bits per heavy atom. The van der Waals surface area contributed by atoms with Gasteiger partial charge in [-0.1, -0.05) is 23.7 Å². The highest BCUT2D eigenvalue weighted by Crippen LogP contribution is 2.36. The third kappa shape index (κ3) is 2.69. The van der Waals surface area contributed by atoms with E-state index in [-0.39, 0.29) is 5.91 Å². The van der Waals surface area contributed by atoms with Crippen molar-refractivity contribution in [1.82, 2.24) is 4.98 Å². The van der Waals surface area contributed by atoms with Crippen LogP contribution < -0.4 is 5.32 Å². The molecule has 0 saturated heterocycles. The molecule has 2 heterocycles. The standard InChI is InChI=1S/C15H13ClN2OS2/c1-7-4-5-10-11(6-7)21-13(12(10)16)14(19)18-15-17-8(2)9(3)20-15/h4-6H,1-3H3,(H,17,18,19). The molecule has 21 heavy (non-hydrogen) atoms. The maximum absolute atomic E-state index is 12.4. The summed E-state index contributed by atoms with van der Waals surface area (Å²) in [6.07, 6.45) is 0. The molecular formula is C15H13ClN2OS2. The van der Waals surface area contributed by atoms with Gasteiger partial charge in [-0.05, 0) is 32.4 Å². The minimum absolute atomic E-state index is 0.201. The Hall–Kier alpha value is -1.43. The molecule has 0 radical (unpaired) electrons. The number of amides is 1. The summed E-state index contributed by atoms with van der Waals surface area (Å²) in [5.74, 6) is -0.201. The molecule has 6 heteroatoms. The number of hydrogen-bond donors (Lipinski definition) is 1. The molecule has 0 aliphatic carbocycles. The molecule has 0 aliphatic rings. The van der Waals surface area contributed by atoms with E-state index in [4.69, 9.17) is 11.6 Å². The first kappa shape index (κ1) is 14.5. The number of rotatable bonds is 2. The normalized spacial score (nSPS) is 11.0. The quantitative estimate of drug-likeness (QED) is 0.699. The number of carbonyl (C=O) groups excluding carboxylic acids is 1. The highest BCUT2D eigenvalue weighted by Gasteiger charge is 2.18. The average Bonchev–Trinajstić information content (AvgIpc) is 2.90. The van der Waals surface area contributed by atoms with Crippen molar-refractivity contribution in [1.29, 1.82) is 0 Å². The van der Waals surface area contributed by atoms with Gasteiger partial charge in [0.2, 0.25) is 0 Å². The van der Waals surface area contributed by atoms with Gasteiger partial charge >= 0.3 is 0 Å². The molecule has 3 nitrogen and oxygen atoms in total. The van der Waals surface area contributed by atoms with Crippen molar-refractivity contribution >= 4 is 55.4 Å². The van der Waals surface area contributed by atoms with Crippen LogP contribution in [0, 0.1) is 20.8 Å². The Kier molecular flexibility index (Phi) is 3.73. The highest BCUT2D eigenvalue weighted by atomic mass is 35.5. The van der Waals surface area contributed by atoms with Crippen LogP contribution in [0.4, 0.5) is 5.13 Å². The maximum atomic E-state index is 12.4. The lowest BCUT2D eigenvalue weighted by atomic mass is 10.2. The number of nitrogens with one attached hydrogen (secondary N) is 1. The van der Waals surface area contributed by atoms with Crippen molar-refractivity contribution in [3.05, 3.63) is 44.2 Å². The molecule has 0 unspecified atom stereocenters. The minimum atomic E-state index is -0.201. The molecular weight excluding hydrogens is 324 g/mol. The van der Waals surface area contributed by atoms with Crippen LogP contribution >= 0.6 is 34.3 Å². The molecule has 0 spiro atoms. The van der Waals surface area contributed by atoms with E-state index >= 15 is 0 Å². The largest absolute Gasteiger partial charge is 0.297 e. The summed E-state index contributed by atoms with van der Waals surface area (Å²) in [6, 6.07) is 5.99. The number of thiazole rings is 1. The number of thiophene rings is 1. The van der Waals surface area contributed by atoms with Gasteiger partial charge in [0.25, 0.3) is 5.91 Å². The number of fused-ring (bicyclic) bond motifs is 1. The van der Waals surface area contributed by atoms with Crippen molar-refractivity contribution < 1.29 is 4.79 Å². The average molecular weight is 337 g/mol. The van der Waals surface area contributed by atoms with E-state index < -0.39 is 0 Å². The summed E-state index contributed by atoms with van der Waals surface area (Å²) in [5.41, 5.74) is 2.09. The fourth-order valence-electron chi connectivity index (χ4n) is 2.00. The van der Waals surface area contributed by atoms with Gasteiger partial charge in [-0.25, -0.2) is 4.98 Å². The van der Waals surface area contributed by atoms with Crippen LogP contribution in [0.15, 0.2) is 18.2 Å². The predicted octanol–water partition coefficient (Wildman–Crippen LogP) is 5.19. The summed E-state index contributed by atoms with van der Waals surface area (Å²) in [4.78, 5) is 18.3. The Balaban J connectivity index is 1.96. The molecule has 1 N–H and O–H groups in total. The Labute approximate surface area is 135 Å². The van der Waals surface area contributed by atoms with Gasteiger partial charge < -0.3 is 0 Å². The molecule has 1 amide bonds. The zero-order valence-corrected chi connectivity index (χ0v) is 14.2. The number of aryl methyl sites for hydroxylation is 3. The molecule has 0 saturated carbocycles. The molecule has 0 fully saturated rings. The van der Waals surface area contributed by atoms with Crippen molar-refractivity contribution in [2.24, 2.45) is 0 Å². The van der Waals surface area contributed by atoms with Crippen molar-refractivity contribution in [3.8, 4) is 0 Å². The van der Waals surface area contributed by atoms with Crippen molar-refractivity contribution in [2.45, 2.75) is 20.8 Å². The molecule has 108 valence electrons. The summed E-state index contributed by atoms with van der Waals surface area (Å²) in [6.45, 7) is 5.93. The van der Waals surface area contributed by atoms with Crippen LogP contribution in [0.1, 0.15) is 25.8 Å². The van der Waals surface area contributed by atoms with Crippen LogP contribution in [0.3, 0.4) is 0 Å². The molecule has 0 aliphatic heterocycles. The minimum Gasteiger partial charge on any atom is -0.297 e. The SMILES string of the molecule is Cc1ccc2c(Cl)c(C(=O)Nc3nc(C)c(C)s3)sc2c1. The van der Waals surface area contributed by atoms with Crippen LogP contribution in [-0.4, -0.2) is 10.9 Å². The number of benzene rings is 1. The van der Waals surface area contributed by atoms with E-state index in [2.05, 4.69) is 10.3 Å². The fourth-order valence-corrected chi connectivity index (χ4v) is 4.32. The van der Waals surface area contributed by atoms with Crippen molar-refractivity contribution in [3.63, 3.8) is 0 Å². The van der Waals surface area contributed by atoms with E-state index in [0.29, 0.717) is 15.0 Å². The highest BCUT2D eigenvalue weighted by molar-refractivity contribution is 7.22. The third-order valence-corrected chi connectivity index (χ3v) is 5.88. The molecule has 3 aromatic rings. The van der Waals surface area contributed by atoms with E-state index in [0.717, 1.165) is 26.2 Å². The number of anilines is 1. The van der Waals surface area contributed by atoms with Crippen molar-refractivity contribution in [2.75, 3.05) is 5.32 Å². The zero-order chi connectivity index (χ0) is 15.1. The lowest BCUT2D eigenvalue weighted by molar-refractivity contribution is 0.103. The third-order valence-electron chi connectivity index (χ3n) is 3.24. The van der Waals surface area contributed by atoms with Crippen LogP contribution in [0.5, 0.6) is 0 Å². The smallest absolute Gasteiger partial charge is 0.269 e. The van der Waals surface area contributed by atoms with Crippen LogP contribution in [0.25, 0.3) is 10.1 Å². The summed E-state index contributed by atoms with van der Waals surface area (Å²) in [7, 11) is 0. The Bertz CT molecular complexity index is 831. The van der Waals surface area contributed by atoms with Crippen LogP contribution in [-0.2, 0) is 0 Å². The maximum Gasteiger partial charge on any atom is 0.269 e. The van der Waals surface area contributed by atoms with Gasteiger partial charge in [0.05, 0.1) is 10.7 Å². The summed E-state index contributed by atoms with van der Waals surface area (Å²) in [5, 5.41) is 4.87. The number of aromatic nitrogens is 1. The van der Waals surface area contributed by atoms with E-state index in [9.17, 15) is 4.79 Å². The van der Waals surface area contributed by atoms with Gasteiger partial charge in [0, 0.05) is 15.0 Å². The lowest BCUT2D eigenvalue weighted by Gasteiger charge is -1.99. The first-order valence-electron chi connectivity index (χ1n) is 6.39. The topological polar surface area (TPSA) is 42.0 Å². The second-order valence-electron chi connectivity index (χ2n) is 4.86. The molecule has 0 bridgehead atoms. The number of carbonyl (C=O) groups is 1.